The first-order chi connectivity index (χ1) is 12.2. The van der Waals surface area contributed by atoms with Crippen LogP contribution in [0.1, 0.15) is 19.8 Å². The molecule has 1 aliphatic heterocycles. The van der Waals surface area contributed by atoms with Gasteiger partial charge >= 0.3 is 0 Å². The molecule has 1 fully saturated rings. The first kappa shape index (κ1) is 16.3. The summed E-state index contributed by atoms with van der Waals surface area (Å²) >= 11 is 5.76. The number of rotatable bonds is 4. The molecular weight excluding hydrogens is 332 g/mol. The van der Waals surface area contributed by atoms with Crippen LogP contribution in [0.3, 0.4) is 0 Å². The smallest absolute Gasteiger partial charge is 0.204 e. The quantitative estimate of drug-likeness (QED) is 0.653. The summed E-state index contributed by atoms with van der Waals surface area (Å²) in [5.74, 6) is 2.28. The van der Waals surface area contributed by atoms with Crippen molar-refractivity contribution in [2.75, 3.05) is 13.1 Å². The highest BCUT2D eigenvalue weighted by atomic mass is 32.1. The van der Waals surface area contributed by atoms with Gasteiger partial charge in [0.05, 0.1) is 18.6 Å². The Balaban J connectivity index is 1.73. The molecule has 0 atom stereocenters. The van der Waals surface area contributed by atoms with Crippen molar-refractivity contribution in [2.45, 2.75) is 26.4 Å². The first-order valence-electron chi connectivity index (χ1n) is 8.74. The van der Waals surface area contributed by atoms with Crippen LogP contribution in [-0.2, 0) is 6.67 Å². The number of furan rings is 1. The lowest BCUT2D eigenvalue weighted by molar-refractivity contribution is 0.146. The van der Waals surface area contributed by atoms with Gasteiger partial charge in [0.1, 0.15) is 0 Å². The van der Waals surface area contributed by atoms with Crippen molar-refractivity contribution in [1.82, 2.24) is 19.2 Å². The van der Waals surface area contributed by atoms with E-state index < -0.39 is 0 Å². The number of piperidine rings is 1. The highest BCUT2D eigenvalue weighted by molar-refractivity contribution is 7.71. The number of hydrogen-bond acceptors (Lipinski definition) is 4. The molecule has 25 heavy (non-hydrogen) atoms. The number of hydrogen-bond donors (Lipinski definition) is 0. The van der Waals surface area contributed by atoms with E-state index in [1.54, 1.807) is 6.26 Å². The van der Waals surface area contributed by atoms with E-state index in [0.717, 1.165) is 42.9 Å². The summed E-state index contributed by atoms with van der Waals surface area (Å²) < 4.78 is 10.2. The molecule has 0 N–H and O–H groups in total. The van der Waals surface area contributed by atoms with Crippen molar-refractivity contribution in [3.8, 4) is 17.3 Å². The fraction of sp³-hybridized carbons (Fsp3) is 0.368. The van der Waals surface area contributed by atoms with Crippen molar-refractivity contribution in [1.29, 1.82) is 0 Å². The van der Waals surface area contributed by atoms with Crippen molar-refractivity contribution >= 4 is 12.2 Å². The molecule has 3 heterocycles. The summed E-state index contributed by atoms with van der Waals surface area (Å²) in [5.41, 5.74) is 0.998. The van der Waals surface area contributed by atoms with Crippen LogP contribution in [0.25, 0.3) is 17.3 Å². The summed E-state index contributed by atoms with van der Waals surface area (Å²) in [7, 11) is 0. The van der Waals surface area contributed by atoms with Gasteiger partial charge in [0, 0.05) is 13.1 Å². The van der Waals surface area contributed by atoms with Gasteiger partial charge in [-0.05, 0) is 55.2 Å². The van der Waals surface area contributed by atoms with Crippen LogP contribution >= 0.6 is 12.2 Å². The largest absolute Gasteiger partial charge is 0.461 e. The SMILES string of the molecule is CC1CCN(Cn2nc(-c3ccco3)n(-c3ccccc3)c2=S)CC1. The summed E-state index contributed by atoms with van der Waals surface area (Å²) in [6.45, 7) is 5.23. The molecule has 1 saturated heterocycles. The van der Waals surface area contributed by atoms with Crippen LogP contribution in [0, 0.1) is 10.7 Å². The van der Waals surface area contributed by atoms with E-state index in [1.807, 2.05) is 51.7 Å². The Bertz CT molecular complexity index is 874. The Morgan fingerprint density at radius 3 is 2.56 bits per heavy atom. The van der Waals surface area contributed by atoms with Crippen LogP contribution in [0.4, 0.5) is 0 Å². The van der Waals surface area contributed by atoms with Gasteiger partial charge < -0.3 is 4.42 Å². The van der Waals surface area contributed by atoms with Gasteiger partial charge in [-0.15, -0.1) is 5.10 Å². The van der Waals surface area contributed by atoms with Crippen LogP contribution in [-0.4, -0.2) is 32.3 Å². The van der Waals surface area contributed by atoms with Crippen LogP contribution in [0.5, 0.6) is 0 Å². The molecule has 0 saturated carbocycles. The van der Waals surface area contributed by atoms with Gasteiger partial charge in [0.15, 0.2) is 5.76 Å². The second kappa shape index (κ2) is 6.98. The van der Waals surface area contributed by atoms with Gasteiger partial charge in [-0.3, -0.25) is 9.47 Å². The molecule has 0 unspecified atom stereocenters. The molecule has 130 valence electrons. The summed E-state index contributed by atoms with van der Waals surface area (Å²) in [5, 5.41) is 4.78. The van der Waals surface area contributed by atoms with Crippen molar-refractivity contribution in [2.24, 2.45) is 5.92 Å². The van der Waals surface area contributed by atoms with E-state index in [1.165, 1.54) is 12.8 Å². The van der Waals surface area contributed by atoms with Crippen molar-refractivity contribution < 1.29 is 4.42 Å². The highest BCUT2D eigenvalue weighted by Gasteiger charge is 2.20. The Morgan fingerprint density at radius 1 is 1.12 bits per heavy atom. The Labute approximate surface area is 152 Å². The maximum Gasteiger partial charge on any atom is 0.204 e. The fourth-order valence-corrected chi connectivity index (χ4v) is 3.56. The number of para-hydroxylation sites is 1. The molecule has 0 amide bonds. The molecule has 0 aliphatic carbocycles. The van der Waals surface area contributed by atoms with E-state index in [0.29, 0.717) is 4.77 Å². The minimum absolute atomic E-state index is 0.691. The molecule has 0 radical (unpaired) electrons. The van der Waals surface area contributed by atoms with Gasteiger partial charge in [-0.25, -0.2) is 4.68 Å². The van der Waals surface area contributed by atoms with Crippen LogP contribution in [0.2, 0.25) is 0 Å². The van der Waals surface area contributed by atoms with E-state index in [9.17, 15) is 0 Å². The Morgan fingerprint density at radius 2 is 1.88 bits per heavy atom. The monoisotopic (exact) mass is 354 g/mol. The first-order valence-corrected chi connectivity index (χ1v) is 9.15. The Hall–Kier alpha value is -2.18. The second-order valence-electron chi connectivity index (χ2n) is 6.70. The minimum Gasteiger partial charge on any atom is -0.461 e. The maximum atomic E-state index is 5.76. The molecule has 1 aromatic carbocycles. The lowest BCUT2D eigenvalue weighted by atomic mass is 10.00. The highest BCUT2D eigenvalue weighted by Crippen LogP contribution is 2.24. The molecule has 1 aliphatic rings. The van der Waals surface area contributed by atoms with E-state index in [-0.39, 0.29) is 0 Å². The second-order valence-corrected chi connectivity index (χ2v) is 7.06. The van der Waals surface area contributed by atoms with Gasteiger partial charge in [-0.2, -0.15) is 0 Å². The molecule has 6 heteroatoms. The number of benzene rings is 1. The molecule has 0 spiro atoms. The molecular formula is C19H22N4OS. The fourth-order valence-electron chi connectivity index (χ4n) is 3.27. The van der Waals surface area contributed by atoms with Crippen molar-refractivity contribution in [3.63, 3.8) is 0 Å². The minimum atomic E-state index is 0.691. The molecule has 4 rings (SSSR count). The standard InChI is InChI=1S/C19H22N4OS/c1-15-9-11-21(12-10-15)14-22-19(25)23(16-6-3-2-4-7-16)18(20-22)17-8-5-13-24-17/h2-8,13,15H,9-12,14H2,1H3. The van der Waals surface area contributed by atoms with E-state index in [2.05, 4.69) is 11.8 Å². The van der Waals surface area contributed by atoms with Gasteiger partial charge in [-0.1, -0.05) is 25.1 Å². The lowest BCUT2D eigenvalue weighted by Crippen LogP contribution is -2.34. The predicted octanol–water partition coefficient (Wildman–Crippen LogP) is 4.35. The van der Waals surface area contributed by atoms with E-state index >= 15 is 0 Å². The van der Waals surface area contributed by atoms with E-state index in [4.69, 9.17) is 21.7 Å². The summed E-state index contributed by atoms with van der Waals surface area (Å²) in [6.07, 6.45) is 4.13. The third kappa shape index (κ3) is 3.32. The zero-order valence-electron chi connectivity index (χ0n) is 14.3. The van der Waals surface area contributed by atoms with Crippen LogP contribution in [0.15, 0.2) is 53.1 Å². The number of aromatic nitrogens is 3. The summed E-state index contributed by atoms with van der Waals surface area (Å²) in [6, 6.07) is 13.9. The number of nitrogens with zero attached hydrogens (tertiary/aromatic N) is 4. The predicted molar refractivity (Wildman–Crippen MR) is 100 cm³/mol. The third-order valence-electron chi connectivity index (χ3n) is 4.81. The van der Waals surface area contributed by atoms with Crippen molar-refractivity contribution in [3.05, 3.63) is 53.5 Å². The maximum absolute atomic E-state index is 5.76. The lowest BCUT2D eigenvalue weighted by Gasteiger charge is -2.29. The molecule has 0 bridgehead atoms. The molecule has 3 aromatic rings. The average Bonchev–Trinajstić information content (AvgIpc) is 3.26. The summed E-state index contributed by atoms with van der Waals surface area (Å²) in [4.78, 5) is 2.42. The van der Waals surface area contributed by atoms with Gasteiger partial charge in [0.2, 0.25) is 10.6 Å². The Kier molecular flexibility index (Phi) is 4.55. The third-order valence-corrected chi connectivity index (χ3v) is 5.20. The topological polar surface area (TPSA) is 39.1 Å². The normalized spacial score (nSPS) is 16.4. The van der Waals surface area contributed by atoms with Crippen LogP contribution < -0.4 is 0 Å². The number of likely N-dealkylation sites (tertiary alicyclic amines) is 1. The van der Waals surface area contributed by atoms with Gasteiger partial charge in [0.25, 0.3) is 0 Å². The average molecular weight is 354 g/mol. The zero-order valence-corrected chi connectivity index (χ0v) is 15.2. The molecule has 5 nitrogen and oxygen atoms in total. The zero-order chi connectivity index (χ0) is 17.2. The molecule has 2 aromatic heterocycles.